The summed E-state index contributed by atoms with van der Waals surface area (Å²) in [5.74, 6) is -1.30. The molecule has 1 heterocycles. The summed E-state index contributed by atoms with van der Waals surface area (Å²) in [6.07, 6.45) is 0.0000627. The van der Waals surface area contributed by atoms with Crippen LogP contribution < -0.4 is 5.32 Å². The highest BCUT2D eigenvalue weighted by Crippen LogP contribution is 2.14. The first-order chi connectivity index (χ1) is 12.4. The minimum atomic E-state index is -3.48. The number of nitrogens with zero attached hydrogens (tertiary/aromatic N) is 2. The quantitative estimate of drug-likeness (QED) is 0.710. The lowest BCUT2D eigenvalue weighted by Gasteiger charge is -2.02. The molecule has 2 aromatic carbocycles. The van der Waals surface area contributed by atoms with Crippen LogP contribution in [0.5, 0.6) is 0 Å². The van der Waals surface area contributed by atoms with Crippen molar-refractivity contribution in [2.75, 3.05) is 11.1 Å². The third-order valence-corrected chi connectivity index (χ3v) is 5.19. The molecule has 26 heavy (non-hydrogen) atoms. The molecular formula is C17H14FN3O4S. The molecule has 0 spiro atoms. The zero-order valence-corrected chi connectivity index (χ0v) is 14.2. The van der Waals surface area contributed by atoms with Gasteiger partial charge in [-0.05, 0) is 30.3 Å². The highest BCUT2D eigenvalue weighted by molar-refractivity contribution is 7.91. The van der Waals surface area contributed by atoms with Gasteiger partial charge >= 0.3 is 6.01 Å². The lowest BCUT2D eigenvalue weighted by atomic mass is 10.2. The average Bonchev–Trinajstić information content (AvgIpc) is 3.08. The number of amides is 1. The van der Waals surface area contributed by atoms with Crippen LogP contribution in [0.15, 0.2) is 63.9 Å². The van der Waals surface area contributed by atoms with Gasteiger partial charge in [-0.25, -0.2) is 12.8 Å². The SMILES string of the molecule is O=C(Nc1nnc(CCS(=O)(=O)c2ccccc2)o1)c1cccc(F)c1. The van der Waals surface area contributed by atoms with E-state index in [1.165, 1.54) is 30.3 Å². The number of carbonyl (C=O) groups is 1. The number of hydrogen-bond donors (Lipinski definition) is 1. The van der Waals surface area contributed by atoms with Gasteiger partial charge in [0.1, 0.15) is 5.82 Å². The van der Waals surface area contributed by atoms with Crippen LogP contribution in [0.4, 0.5) is 10.4 Å². The molecule has 0 aliphatic carbocycles. The topological polar surface area (TPSA) is 102 Å². The second-order valence-electron chi connectivity index (χ2n) is 5.35. The molecule has 7 nitrogen and oxygen atoms in total. The van der Waals surface area contributed by atoms with E-state index in [4.69, 9.17) is 4.42 Å². The van der Waals surface area contributed by atoms with Crippen LogP contribution in [-0.2, 0) is 16.3 Å². The smallest absolute Gasteiger partial charge is 0.322 e. The van der Waals surface area contributed by atoms with Crippen molar-refractivity contribution in [3.8, 4) is 0 Å². The number of aryl methyl sites for hydroxylation is 1. The van der Waals surface area contributed by atoms with E-state index in [2.05, 4.69) is 15.5 Å². The normalized spacial score (nSPS) is 11.3. The van der Waals surface area contributed by atoms with E-state index in [9.17, 15) is 17.6 Å². The summed E-state index contributed by atoms with van der Waals surface area (Å²) >= 11 is 0. The Morgan fingerprint density at radius 1 is 1.08 bits per heavy atom. The van der Waals surface area contributed by atoms with Crippen LogP contribution >= 0.6 is 0 Å². The summed E-state index contributed by atoms with van der Waals surface area (Å²) in [7, 11) is -3.48. The maximum Gasteiger partial charge on any atom is 0.322 e. The fourth-order valence-corrected chi connectivity index (χ4v) is 3.42. The molecule has 1 amide bonds. The highest BCUT2D eigenvalue weighted by Gasteiger charge is 2.17. The molecule has 1 N–H and O–H groups in total. The molecule has 0 aliphatic rings. The van der Waals surface area contributed by atoms with E-state index in [1.54, 1.807) is 18.2 Å². The minimum Gasteiger partial charge on any atom is -0.408 e. The molecule has 134 valence electrons. The van der Waals surface area contributed by atoms with Gasteiger partial charge in [0.05, 0.1) is 10.6 Å². The fraction of sp³-hybridized carbons (Fsp3) is 0.118. The van der Waals surface area contributed by atoms with Gasteiger partial charge in [0.15, 0.2) is 9.84 Å². The van der Waals surface area contributed by atoms with Crippen LogP contribution in [0, 0.1) is 5.82 Å². The first kappa shape index (κ1) is 17.7. The molecule has 0 aliphatic heterocycles. The Morgan fingerprint density at radius 2 is 1.85 bits per heavy atom. The third kappa shape index (κ3) is 4.31. The van der Waals surface area contributed by atoms with Crippen molar-refractivity contribution in [2.24, 2.45) is 0 Å². The monoisotopic (exact) mass is 375 g/mol. The van der Waals surface area contributed by atoms with Crippen LogP contribution in [0.2, 0.25) is 0 Å². The molecule has 0 atom stereocenters. The van der Waals surface area contributed by atoms with Gasteiger partial charge in [-0.2, -0.15) is 0 Å². The summed E-state index contributed by atoms with van der Waals surface area (Å²) in [5.41, 5.74) is 0.0939. The van der Waals surface area contributed by atoms with Crippen LogP contribution in [0.3, 0.4) is 0 Å². The van der Waals surface area contributed by atoms with Crippen molar-refractivity contribution in [1.29, 1.82) is 0 Å². The number of anilines is 1. The molecule has 0 saturated heterocycles. The Labute approximate surface area is 148 Å². The number of rotatable bonds is 6. The van der Waals surface area contributed by atoms with Crippen molar-refractivity contribution in [3.05, 3.63) is 71.9 Å². The zero-order chi connectivity index (χ0) is 18.6. The first-order valence-electron chi connectivity index (χ1n) is 7.61. The lowest BCUT2D eigenvalue weighted by molar-refractivity contribution is 0.102. The second kappa shape index (κ2) is 7.44. The number of benzene rings is 2. The van der Waals surface area contributed by atoms with Gasteiger partial charge in [-0.15, -0.1) is 5.10 Å². The number of aromatic nitrogens is 2. The molecular weight excluding hydrogens is 361 g/mol. The Kier molecular flexibility index (Phi) is 5.08. The third-order valence-electron chi connectivity index (χ3n) is 3.46. The predicted molar refractivity (Wildman–Crippen MR) is 90.9 cm³/mol. The van der Waals surface area contributed by atoms with Gasteiger partial charge in [-0.3, -0.25) is 10.1 Å². The summed E-state index contributed by atoms with van der Waals surface area (Å²) in [4.78, 5) is 12.2. The van der Waals surface area contributed by atoms with Crippen molar-refractivity contribution in [2.45, 2.75) is 11.3 Å². The molecule has 3 rings (SSSR count). The van der Waals surface area contributed by atoms with E-state index in [0.29, 0.717) is 0 Å². The summed E-state index contributed by atoms with van der Waals surface area (Å²) in [6, 6.07) is 12.9. The first-order valence-corrected chi connectivity index (χ1v) is 9.26. The Balaban J connectivity index is 1.62. The summed E-state index contributed by atoms with van der Waals surface area (Å²) < 4.78 is 42.8. The maximum atomic E-state index is 13.1. The van der Waals surface area contributed by atoms with Gasteiger partial charge in [-0.1, -0.05) is 29.4 Å². The molecule has 1 aromatic heterocycles. The fourth-order valence-electron chi connectivity index (χ4n) is 2.17. The van der Waals surface area contributed by atoms with E-state index in [0.717, 1.165) is 6.07 Å². The summed E-state index contributed by atoms with van der Waals surface area (Å²) in [5, 5.41) is 9.69. The molecule has 0 saturated carbocycles. The maximum absolute atomic E-state index is 13.1. The molecule has 3 aromatic rings. The van der Waals surface area contributed by atoms with Gasteiger partial charge in [0, 0.05) is 12.0 Å². The van der Waals surface area contributed by atoms with Crippen molar-refractivity contribution in [3.63, 3.8) is 0 Å². The van der Waals surface area contributed by atoms with Gasteiger partial charge in [0.2, 0.25) is 5.89 Å². The van der Waals surface area contributed by atoms with E-state index < -0.39 is 21.6 Å². The zero-order valence-electron chi connectivity index (χ0n) is 13.4. The van der Waals surface area contributed by atoms with E-state index >= 15 is 0 Å². The van der Waals surface area contributed by atoms with Gasteiger partial charge < -0.3 is 4.42 Å². The lowest BCUT2D eigenvalue weighted by Crippen LogP contribution is -2.12. The van der Waals surface area contributed by atoms with Gasteiger partial charge in [0.25, 0.3) is 5.91 Å². The largest absolute Gasteiger partial charge is 0.408 e. The van der Waals surface area contributed by atoms with Crippen molar-refractivity contribution >= 4 is 21.8 Å². The molecule has 0 unspecified atom stereocenters. The Hall–Kier alpha value is -3.07. The molecule has 9 heteroatoms. The van der Waals surface area contributed by atoms with E-state index in [1.807, 2.05) is 0 Å². The summed E-state index contributed by atoms with van der Waals surface area (Å²) in [6.45, 7) is 0. The molecule has 0 fully saturated rings. The van der Waals surface area contributed by atoms with Crippen LogP contribution in [0.25, 0.3) is 0 Å². The number of hydrogen-bond acceptors (Lipinski definition) is 6. The van der Waals surface area contributed by atoms with Crippen LogP contribution in [0.1, 0.15) is 16.2 Å². The van der Waals surface area contributed by atoms with Crippen molar-refractivity contribution < 1.29 is 22.0 Å². The minimum absolute atomic E-state index is 0.0000627. The number of nitrogens with one attached hydrogen (secondary N) is 1. The Bertz CT molecular complexity index is 1020. The number of sulfone groups is 1. The standard InChI is InChI=1S/C17H14FN3O4S/c18-13-6-4-5-12(11-13)16(22)19-17-21-20-15(25-17)9-10-26(23,24)14-7-2-1-3-8-14/h1-8,11H,9-10H2,(H,19,21,22). The average molecular weight is 375 g/mol. The number of halogens is 1. The second-order valence-corrected chi connectivity index (χ2v) is 7.46. The van der Waals surface area contributed by atoms with Crippen LogP contribution in [-0.4, -0.2) is 30.3 Å². The highest BCUT2D eigenvalue weighted by atomic mass is 32.2. The van der Waals surface area contributed by atoms with E-state index in [-0.39, 0.29) is 34.5 Å². The molecule has 0 radical (unpaired) electrons. The Morgan fingerprint density at radius 3 is 2.58 bits per heavy atom. The van der Waals surface area contributed by atoms with Crippen molar-refractivity contribution in [1.82, 2.24) is 10.2 Å². The molecule has 0 bridgehead atoms. The predicted octanol–water partition coefficient (Wildman–Crippen LogP) is 2.48. The number of carbonyl (C=O) groups excluding carboxylic acids is 1.